The van der Waals surface area contributed by atoms with E-state index in [0.717, 1.165) is 21.5 Å². The summed E-state index contributed by atoms with van der Waals surface area (Å²) in [4.78, 5) is 5.24. The Morgan fingerprint density at radius 1 is 1.35 bits per heavy atom. The van der Waals surface area contributed by atoms with Gasteiger partial charge in [0.25, 0.3) is 0 Å². The second-order valence-electron chi connectivity index (χ2n) is 4.48. The standard InChI is InChI=1S/C15H13BrN2OS/c1-10(15-6-12(16)8-20-15)18-13-4-2-3-11(5-13)14-7-17-9-19-14/h2-10,18H,1H3. The fourth-order valence-electron chi connectivity index (χ4n) is 2.00. The molecule has 0 bridgehead atoms. The second-order valence-corrected chi connectivity index (χ2v) is 6.34. The first kappa shape index (κ1) is 13.4. The summed E-state index contributed by atoms with van der Waals surface area (Å²) in [6, 6.07) is 10.5. The molecule has 3 rings (SSSR count). The molecule has 1 N–H and O–H groups in total. The zero-order valence-electron chi connectivity index (χ0n) is 10.8. The van der Waals surface area contributed by atoms with Crippen LogP contribution >= 0.6 is 27.3 Å². The number of hydrogen-bond acceptors (Lipinski definition) is 4. The van der Waals surface area contributed by atoms with E-state index in [1.165, 1.54) is 11.3 Å². The summed E-state index contributed by atoms with van der Waals surface area (Å²) in [5.74, 6) is 0.778. The van der Waals surface area contributed by atoms with Crippen LogP contribution in [0.2, 0.25) is 0 Å². The number of hydrogen-bond donors (Lipinski definition) is 1. The third kappa shape index (κ3) is 2.94. The molecule has 0 saturated heterocycles. The smallest absolute Gasteiger partial charge is 0.181 e. The van der Waals surface area contributed by atoms with Gasteiger partial charge in [0.05, 0.1) is 12.2 Å². The van der Waals surface area contributed by atoms with Gasteiger partial charge in [-0.05, 0) is 41.1 Å². The highest BCUT2D eigenvalue weighted by molar-refractivity contribution is 9.10. The molecule has 102 valence electrons. The minimum Gasteiger partial charge on any atom is -0.444 e. The van der Waals surface area contributed by atoms with E-state index in [9.17, 15) is 0 Å². The van der Waals surface area contributed by atoms with Gasteiger partial charge in [-0.2, -0.15) is 0 Å². The minimum atomic E-state index is 0.260. The molecule has 0 aliphatic rings. The van der Waals surface area contributed by atoms with Crippen molar-refractivity contribution in [1.29, 1.82) is 0 Å². The predicted octanol–water partition coefficient (Wildman–Crippen LogP) is 5.34. The molecule has 20 heavy (non-hydrogen) atoms. The van der Waals surface area contributed by atoms with Gasteiger partial charge in [-0.15, -0.1) is 11.3 Å². The molecule has 0 amide bonds. The Morgan fingerprint density at radius 3 is 2.95 bits per heavy atom. The first-order valence-corrected chi connectivity index (χ1v) is 7.89. The summed E-state index contributed by atoms with van der Waals surface area (Å²) in [7, 11) is 0. The maximum Gasteiger partial charge on any atom is 0.181 e. The van der Waals surface area contributed by atoms with Gasteiger partial charge in [0, 0.05) is 26.0 Å². The zero-order valence-corrected chi connectivity index (χ0v) is 13.2. The SMILES string of the molecule is CC(Nc1cccc(-c2cnco2)c1)c1cc(Br)cs1. The molecule has 3 nitrogen and oxygen atoms in total. The summed E-state index contributed by atoms with van der Waals surface area (Å²) in [5, 5.41) is 5.60. The minimum absolute atomic E-state index is 0.260. The van der Waals surface area contributed by atoms with Crippen LogP contribution in [0.5, 0.6) is 0 Å². The molecular formula is C15H13BrN2OS. The Balaban J connectivity index is 1.79. The van der Waals surface area contributed by atoms with Crippen molar-refractivity contribution in [2.24, 2.45) is 0 Å². The van der Waals surface area contributed by atoms with E-state index in [1.54, 1.807) is 17.5 Å². The van der Waals surface area contributed by atoms with Gasteiger partial charge in [-0.3, -0.25) is 0 Å². The largest absolute Gasteiger partial charge is 0.444 e. The fourth-order valence-corrected chi connectivity index (χ4v) is 3.45. The molecule has 5 heteroatoms. The second kappa shape index (κ2) is 5.81. The quantitative estimate of drug-likeness (QED) is 0.691. The highest BCUT2D eigenvalue weighted by Gasteiger charge is 2.09. The molecular weight excluding hydrogens is 336 g/mol. The van der Waals surface area contributed by atoms with Crippen molar-refractivity contribution >= 4 is 33.0 Å². The lowest BCUT2D eigenvalue weighted by Crippen LogP contribution is -2.04. The zero-order chi connectivity index (χ0) is 13.9. The Bertz CT molecular complexity index is 693. The van der Waals surface area contributed by atoms with Gasteiger partial charge in [-0.1, -0.05) is 12.1 Å². The molecule has 0 aliphatic heterocycles. The van der Waals surface area contributed by atoms with Crippen LogP contribution in [-0.2, 0) is 0 Å². The fraction of sp³-hybridized carbons (Fsp3) is 0.133. The van der Waals surface area contributed by atoms with Crippen molar-refractivity contribution in [3.8, 4) is 11.3 Å². The van der Waals surface area contributed by atoms with Crippen molar-refractivity contribution < 1.29 is 4.42 Å². The summed E-state index contributed by atoms with van der Waals surface area (Å²) in [5.41, 5.74) is 2.09. The Labute approximate surface area is 129 Å². The van der Waals surface area contributed by atoms with E-state index in [4.69, 9.17) is 4.42 Å². The molecule has 0 radical (unpaired) electrons. The van der Waals surface area contributed by atoms with Crippen molar-refractivity contribution in [3.63, 3.8) is 0 Å². The first-order chi connectivity index (χ1) is 9.72. The molecule has 2 aromatic heterocycles. The maximum absolute atomic E-state index is 5.32. The topological polar surface area (TPSA) is 38.1 Å². The highest BCUT2D eigenvalue weighted by atomic mass is 79.9. The molecule has 3 aromatic rings. The van der Waals surface area contributed by atoms with Crippen molar-refractivity contribution in [1.82, 2.24) is 4.98 Å². The number of oxazole rings is 1. The van der Waals surface area contributed by atoms with Crippen LogP contribution in [-0.4, -0.2) is 4.98 Å². The molecule has 0 aliphatic carbocycles. The molecule has 1 unspecified atom stereocenters. The molecule has 0 saturated carbocycles. The third-order valence-corrected chi connectivity index (χ3v) is 4.85. The van der Waals surface area contributed by atoms with Crippen LogP contribution in [0.15, 0.2) is 57.2 Å². The summed E-state index contributed by atoms with van der Waals surface area (Å²) in [6.07, 6.45) is 3.17. The van der Waals surface area contributed by atoms with Crippen LogP contribution in [0, 0.1) is 0 Å². The normalized spacial score (nSPS) is 12.3. The average molecular weight is 349 g/mol. The molecule has 1 atom stereocenters. The van der Waals surface area contributed by atoms with Crippen LogP contribution < -0.4 is 5.32 Å². The number of anilines is 1. The van der Waals surface area contributed by atoms with Gasteiger partial charge >= 0.3 is 0 Å². The van der Waals surface area contributed by atoms with E-state index in [0.29, 0.717) is 0 Å². The monoisotopic (exact) mass is 348 g/mol. The van der Waals surface area contributed by atoms with Crippen molar-refractivity contribution in [2.75, 3.05) is 5.32 Å². The predicted molar refractivity (Wildman–Crippen MR) is 86.0 cm³/mol. The molecule has 0 spiro atoms. The number of nitrogens with zero attached hydrogens (tertiary/aromatic N) is 1. The van der Waals surface area contributed by atoms with E-state index in [-0.39, 0.29) is 6.04 Å². The third-order valence-electron chi connectivity index (χ3n) is 2.98. The Hall–Kier alpha value is -1.59. The van der Waals surface area contributed by atoms with Crippen LogP contribution in [0.25, 0.3) is 11.3 Å². The van der Waals surface area contributed by atoms with Crippen molar-refractivity contribution in [2.45, 2.75) is 13.0 Å². The Kier molecular flexibility index (Phi) is 3.89. The molecule has 0 fully saturated rings. The van der Waals surface area contributed by atoms with E-state index in [1.807, 2.05) is 12.1 Å². The number of benzene rings is 1. The summed E-state index contributed by atoms with van der Waals surface area (Å²) >= 11 is 5.23. The highest BCUT2D eigenvalue weighted by Crippen LogP contribution is 2.29. The van der Waals surface area contributed by atoms with Crippen LogP contribution in [0.1, 0.15) is 17.8 Å². The molecule has 2 heterocycles. The van der Waals surface area contributed by atoms with Gasteiger partial charge in [0.1, 0.15) is 0 Å². The van der Waals surface area contributed by atoms with E-state index >= 15 is 0 Å². The van der Waals surface area contributed by atoms with Gasteiger partial charge < -0.3 is 9.73 Å². The maximum atomic E-state index is 5.32. The summed E-state index contributed by atoms with van der Waals surface area (Å²) in [6.45, 7) is 2.15. The number of nitrogens with one attached hydrogen (secondary N) is 1. The number of rotatable bonds is 4. The lowest BCUT2D eigenvalue weighted by atomic mass is 10.1. The van der Waals surface area contributed by atoms with Crippen LogP contribution in [0.3, 0.4) is 0 Å². The number of halogens is 1. The van der Waals surface area contributed by atoms with Gasteiger partial charge in [0.2, 0.25) is 0 Å². The van der Waals surface area contributed by atoms with Gasteiger partial charge in [0.15, 0.2) is 12.2 Å². The molecule has 1 aromatic carbocycles. The van der Waals surface area contributed by atoms with Crippen molar-refractivity contribution in [3.05, 3.63) is 57.7 Å². The lowest BCUT2D eigenvalue weighted by Gasteiger charge is -2.14. The average Bonchev–Trinajstić information content (AvgIpc) is 3.10. The summed E-state index contributed by atoms with van der Waals surface area (Å²) < 4.78 is 6.45. The first-order valence-electron chi connectivity index (χ1n) is 6.22. The van der Waals surface area contributed by atoms with Crippen LogP contribution in [0.4, 0.5) is 5.69 Å². The lowest BCUT2D eigenvalue weighted by molar-refractivity contribution is 0.572. The van der Waals surface area contributed by atoms with E-state index < -0.39 is 0 Å². The van der Waals surface area contributed by atoms with E-state index in [2.05, 4.69) is 56.7 Å². The number of thiophene rings is 1. The number of aromatic nitrogens is 1. The van der Waals surface area contributed by atoms with Gasteiger partial charge in [-0.25, -0.2) is 4.98 Å². The Morgan fingerprint density at radius 2 is 2.25 bits per heavy atom.